The molecule has 15 heteroatoms. The molecule has 4 aromatic carbocycles. The smallest absolute Gasteiger partial charge is 0.549 e. The number of benzene rings is 4. The summed E-state index contributed by atoms with van der Waals surface area (Å²) in [6.07, 6.45) is 3.25. The van der Waals surface area contributed by atoms with Crippen LogP contribution in [0.25, 0.3) is 32.9 Å². The first-order valence-electron chi connectivity index (χ1n) is 13.2. The minimum Gasteiger partial charge on any atom is -0.549 e. The minimum absolute atomic E-state index is 0. The molecule has 0 radical (unpaired) electrons. The van der Waals surface area contributed by atoms with E-state index < -0.39 is 11.9 Å². The number of aliphatic carboxylic acids is 2. The van der Waals surface area contributed by atoms with Crippen molar-refractivity contribution in [2.24, 2.45) is 0 Å². The number of carboxylic acids is 2. The van der Waals surface area contributed by atoms with Crippen molar-refractivity contribution in [3.63, 3.8) is 0 Å². The molecule has 0 fully saturated rings. The van der Waals surface area contributed by atoms with Crippen LogP contribution >= 0.6 is 55.4 Å². The molecule has 0 unspecified atom stereocenters. The van der Waals surface area contributed by atoms with E-state index in [0.717, 1.165) is 61.0 Å². The van der Waals surface area contributed by atoms with Gasteiger partial charge in [0.15, 0.2) is 10.3 Å². The van der Waals surface area contributed by atoms with Gasteiger partial charge in [0.25, 0.3) is 0 Å². The number of rotatable bonds is 8. The third kappa shape index (κ3) is 8.34. The summed E-state index contributed by atoms with van der Waals surface area (Å²) in [5.74, 6) is -2.30. The Morgan fingerprint density at radius 3 is 1.50 bits per heavy atom. The van der Waals surface area contributed by atoms with Crippen LogP contribution in [0.3, 0.4) is 0 Å². The monoisotopic (exact) mass is 796 g/mol. The Balaban J connectivity index is 0.000000250. The van der Waals surface area contributed by atoms with E-state index in [1.54, 1.807) is 24.5 Å². The van der Waals surface area contributed by atoms with Gasteiger partial charge >= 0.3 is 24.8 Å². The van der Waals surface area contributed by atoms with E-state index in [9.17, 15) is 25.2 Å². The third-order valence-corrected chi connectivity index (χ3v) is 9.52. The summed E-state index contributed by atoms with van der Waals surface area (Å²) >= 11 is 9.13. The Morgan fingerprint density at radius 1 is 0.729 bits per heavy atom. The molecule has 0 spiro atoms. The molecule has 6 rings (SSSR count). The first-order chi connectivity index (χ1) is 22.2. The zero-order valence-electron chi connectivity index (χ0n) is 24.4. The molecular weight excluding hydrogens is 775 g/mol. The van der Waals surface area contributed by atoms with E-state index in [0.29, 0.717) is 26.0 Å². The van der Waals surface area contributed by atoms with Crippen molar-refractivity contribution < 1.29 is 38.7 Å². The largest absolute Gasteiger partial charge is 1.00 e. The Hall–Kier alpha value is -4.00. The predicted octanol–water partition coefficient (Wildman–Crippen LogP) is 3.98. The summed E-state index contributed by atoms with van der Waals surface area (Å²) in [7, 11) is 0. The Morgan fingerprint density at radius 2 is 1.12 bits per heavy atom. The van der Waals surface area contributed by atoms with Gasteiger partial charge in [0, 0.05) is 27.3 Å². The van der Waals surface area contributed by atoms with Crippen molar-refractivity contribution in [2.45, 2.75) is 17.7 Å². The van der Waals surface area contributed by atoms with Crippen LogP contribution in [-0.4, -0.2) is 47.7 Å². The molecule has 1 N–H and O–H groups in total. The zero-order chi connectivity index (χ0) is 32.8. The molecule has 0 amide bonds. The molecule has 236 valence electrons. The maximum Gasteiger partial charge on any atom is 1.00 e. The fraction of sp³-hybridized carbons (Fsp3) is 0.0909. The molecule has 48 heavy (non-hydrogen) atoms. The third-order valence-electron chi connectivity index (χ3n) is 6.54. The van der Waals surface area contributed by atoms with E-state index in [1.165, 1.54) is 0 Å². The molecule has 0 saturated heterocycles. The normalized spacial score (nSPS) is 10.2. The molecule has 10 nitrogen and oxygen atoms in total. The quantitative estimate of drug-likeness (QED) is 0.176. The number of fused-ring (bicyclic) bond motifs is 2. The number of carbonyl (C=O) groups excluding carboxylic acids is 1. The molecule has 0 aliphatic carbocycles. The second-order valence-electron chi connectivity index (χ2n) is 9.32. The molecule has 0 aliphatic rings. The van der Waals surface area contributed by atoms with Crippen LogP contribution in [-0.2, 0) is 9.59 Å². The fourth-order valence-corrected chi connectivity index (χ4v) is 7.23. The topological polar surface area (TPSA) is 161 Å². The molecule has 0 bridgehead atoms. The van der Waals surface area contributed by atoms with Crippen molar-refractivity contribution in [2.75, 3.05) is 11.5 Å². The molecular formula is C33H23Br2LiN6O4S2. The minimum atomic E-state index is -1.15. The van der Waals surface area contributed by atoms with Crippen molar-refractivity contribution in [3.8, 4) is 23.5 Å². The summed E-state index contributed by atoms with van der Waals surface area (Å²) in [6.45, 7) is 0. The first-order valence-corrected chi connectivity index (χ1v) is 16.8. The van der Waals surface area contributed by atoms with E-state index in [-0.39, 0.29) is 37.8 Å². The molecule has 0 aliphatic heterocycles. The van der Waals surface area contributed by atoms with Gasteiger partial charge in [-0.15, -0.1) is 0 Å². The van der Waals surface area contributed by atoms with Crippen LogP contribution in [0.4, 0.5) is 0 Å². The molecule has 2 heterocycles. The van der Waals surface area contributed by atoms with Crippen LogP contribution in [0.5, 0.6) is 0 Å². The van der Waals surface area contributed by atoms with Gasteiger partial charge in [0.05, 0.1) is 58.8 Å². The van der Waals surface area contributed by atoms with Crippen molar-refractivity contribution in [1.82, 2.24) is 19.1 Å². The van der Waals surface area contributed by atoms with Gasteiger partial charge < -0.3 is 15.0 Å². The van der Waals surface area contributed by atoms with Crippen LogP contribution < -0.4 is 24.0 Å². The average Bonchev–Trinajstić information content (AvgIpc) is 3.62. The van der Waals surface area contributed by atoms with Crippen molar-refractivity contribution in [1.29, 1.82) is 10.5 Å². The summed E-state index contributed by atoms with van der Waals surface area (Å²) in [6, 6.07) is 26.8. The fourth-order valence-electron chi connectivity index (χ4n) is 4.67. The number of halogens is 2. The van der Waals surface area contributed by atoms with E-state index >= 15 is 0 Å². The maximum atomic E-state index is 10.8. The Kier molecular flexibility index (Phi) is 13.9. The number of nitrogens with zero attached hydrogens (tertiary/aromatic N) is 6. The number of nitriles is 2. The number of imidazole rings is 2. The number of aromatic nitrogens is 4. The van der Waals surface area contributed by atoms with E-state index in [2.05, 4.69) is 54.0 Å². The summed E-state index contributed by atoms with van der Waals surface area (Å²) in [5.41, 5.74) is 2.85. The first kappa shape index (κ1) is 38.4. The van der Waals surface area contributed by atoms with Gasteiger partial charge in [-0.1, -0.05) is 79.5 Å². The van der Waals surface area contributed by atoms with Gasteiger partial charge in [-0.3, -0.25) is 13.9 Å². The second kappa shape index (κ2) is 17.4. The van der Waals surface area contributed by atoms with Gasteiger partial charge in [-0.25, -0.2) is 9.97 Å². The van der Waals surface area contributed by atoms with Crippen LogP contribution in [0.15, 0.2) is 105 Å². The number of thioether (sulfide) groups is 2. The van der Waals surface area contributed by atoms with E-state index in [1.807, 2.05) is 69.8 Å². The molecule has 2 aromatic heterocycles. The van der Waals surface area contributed by atoms with Crippen LogP contribution in [0.1, 0.15) is 18.6 Å². The van der Waals surface area contributed by atoms with Crippen molar-refractivity contribution in [3.05, 3.63) is 106 Å². The number of carbonyl (C=O) groups is 2. The molecule has 0 atom stereocenters. The molecule has 6 aromatic rings. The average molecular weight is 798 g/mol. The Bertz CT molecular complexity index is 2060. The summed E-state index contributed by atoms with van der Waals surface area (Å²) in [4.78, 5) is 30.0. The maximum absolute atomic E-state index is 10.8. The van der Waals surface area contributed by atoms with Gasteiger partial charge in [-0.05, 0) is 56.1 Å². The number of hydrogen-bond donors (Lipinski definition) is 1. The Labute approximate surface area is 313 Å². The number of hydrogen-bond acceptors (Lipinski definition) is 9. The van der Waals surface area contributed by atoms with E-state index in [4.69, 9.17) is 5.11 Å². The SMILES string of the molecule is C.N#Cc1ccc(-n2c(Br)cnc2SCC(=O)O)c2ccccc12.N#Cc1ccc(-n2c(Br)cnc2SCC(=O)[O-])c2ccccc12.[Li+]. The standard InChI is InChI=1S/2C16H10BrN3O2S.CH4.Li/c2*17-14-8-19-16(23-9-15(21)22)20(14)13-6-5-10(7-18)11-3-1-2-4-12(11)13;;/h2*1-6,8H,9H2,(H,21,22);1H4;/q;;;+1/p-1. The van der Waals surface area contributed by atoms with Gasteiger partial charge in [0.2, 0.25) is 0 Å². The van der Waals surface area contributed by atoms with Crippen LogP contribution in [0, 0.1) is 22.7 Å². The summed E-state index contributed by atoms with van der Waals surface area (Å²) < 4.78 is 5.09. The molecule has 0 saturated carbocycles. The van der Waals surface area contributed by atoms with Crippen molar-refractivity contribution >= 4 is 88.9 Å². The summed E-state index contributed by atoms with van der Waals surface area (Å²) in [5, 5.41) is 42.7. The zero-order valence-corrected chi connectivity index (χ0v) is 29.2. The van der Waals surface area contributed by atoms with Crippen LogP contribution in [0.2, 0.25) is 0 Å². The van der Waals surface area contributed by atoms with Gasteiger partial charge in [0.1, 0.15) is 9.21 Å². The number of carboxylic acid groups (broad SMARTS) is 2. The second-order valence-corrected chi connectivity index (χ2v) is 12.8. The van der Waals surface area contributed by atoms with Gasteiger partial charge in [-0.2, -0.15) is 10.5 Å². The predicted molar refractivity (Wildman–Crippen MR) is 188 cm³/mol.